The molecule has 0 saturated heterocycles. The zero-order valence-electron chi connectivity index (χ0n) is 13.4. The van der Waals surface area contributed by atoms with E-state index >= 15 is 0 Å². The fourth-order valence-corrected chi connectivity index (χ4v) is 4.65. The average molecular weight is 573 g/mol. The summed E-state index contributed by atoms with van der Waals surface area (Å²) in [6.07, 6.45) is -9.38. The van der Waals surface area contributed by atoms with Gasteiger partial charge in [-0.15, -0.1) is 0 Å². The standard InChI is InChI=1S/C17H8Br2Cl2F6O/c18-5-9-11(16(22,23)24)3-1-7(13(9)20)15(28)8-2-4-12(17(25,26)27)10(6-19)14(8)21/h1-4H,5-6H2. The molecule has 2 rings (SSSR count). The van der Waals surface area contributed by atoms with Gasteiger partial charge in [-0.25, -0.2) is 0 Å². The van der Waals surface area contributed by atoms with Gasteiger partial charge >= 0.3 is 12.4 Å². The maximum Gasteiger partial charge on any atom is 0.416 e. The van der Waals surface area contributed by atoms with E-state index in [0.717, 1.165) is 12.1 Å². The summed E-state index contributed by atoms with van der Waals surface area (Å²) in [5.41, 5.74) is -3.36. The van der Waals surface area contributed by atoms with Crippen LogP contribution >= 0.6 is 55.1 Å². The van der Waals surface area contributed by atoms with E-state index < -0.39 is 39.3 Å². The molecule has 0 bridgehead atoms. The van der Waals surface area contributed by atoms with Crippen molar-refractivity contribution in [1.29, 1.82) is 0 Å². The summed E-state index contributed by atoms with van der Waals surface area (Å²) in [6.45, 7) is 0. The lowest BCUT2D eigenvalue weighted by atomic mass is 9.95. The number of hydrogen-bond donors (Lipinski definition) is 0. The van der Waals surface area contributed by atoms with Gasteiger partial charge in [0.05, 0.1) is 21.2 Å². The normalized spacial score (nSPS) is 12.4. The Morgan fingerprint density at radius 2 is 1.07 bits per heavy atom. The Kier molecular flexibility index (Phi) is 7.17. The van der Waals surface area contributed by atoms with Crippen molar-refractivity contribution in [3.63, 3.8) is 0 Å². The van der Waals surface area contributed by atoms with Crippen molar-refractivity contribution < 1.29 is 31.1 Å². The summed E-state index contributed by atoms with van der Waals surface area (Å²) >= 11 is 17.8. The maximum atomic E-state index is 13.1. The molecule has 28 heavy (non-hydrogen) atoms. The molecule has 0 atom stereocenters. The van der Waals surface area contributed by atoms with Gasteiger partial charge in [0.2, 0.25) is 0 Å². The molecule has 0 aliphatic carbocycles. The van der Waals surface area contributed by atoms with Gasteiger partial charge in [-0.1, -0.05) is 55.1 Å². The molecular weight excluding hydrogens is 565 g/mol. The number of benzene rings is 2. The highest BCUT2D eigenvalue weighted by Crippen LogP contribution is 2.41. The first-order valence-corrected chi connectivity index (χ1v) is 10.3. The van der Waals surface area contributed by atoms with E-state index in [1.165, 1.54) is 0 Å². The summed E-state index contributed by atoms with van der Waals surface area (Å²) in [6, 6.07) is 3.14. The van der Waals surface area contributed by atoms with E-state index in [-0.39, 0.29) is 32.9 Å². The van der Waals surface area contributed by atoms with E-state index in [2.05, 4.69) is 31.9 Å². The number of halogens is 10. The Balaban J connectivity index is 2.65. The summed E-state index contributed by atoms with van der Waals surface area (Å²) in [5, 5.41) is -1.47. The molecule has 2 aromatic carbocycles. The first kappa shape index (κ1) is 23.5. The van der Waals surface area contributed by atoms with Crippen LogP contribution in [0.2, 0.25) is 10.0 Å². The molecule has 1 nitrogen and oxygen atoms in total. The Bertz CT molecular complexity index is 852. The summed E-state index contributed by atoms with van der Waals surface area (Å²) in [7, 11) is 0. The molecule has 0 unspecified atom stereocenters. The Labute approximate surface area is 182 Å². The molecule has 0 aliphatic rings. The number of hydrogen-bond acceptors (Lipinski definition) is 1. The first-order chi connectivity index (χ1) is 12.8. The van der Waals surface area contributed by atoms with Crippen LogP contribution in [0.4, 0.5) is 26.3 Å². The van der Waals surface area contributed by atoms with Crippen LogP contribution in [0.3, 0.4) is 0 Å². The van der Waals surface area contributed by atoms with Gasteiger partial charge in [-0.2, -0.15) is 26.3 Å². The largest absolute Gasteiger partial charge is 0.416 e. The molecule has 0 saturated carbocycles. The molecule has 2 aromatic rings. The van der Waals surface area contributed by atoms with Crippen molar-refractivity contribution >= 4 is 60.8 Å². The zero-order valence-corrected chi connectivity index (χ0v) is 18.1. The van der Waals surface area contributed by atoms with Crippen molar-refractivity contribution in [2.45, 2.75) is 23.0 Å². The fraction of sp³-hybridized carbons (Fsp3) is 0.235. The molecule has 152 valence electrons. The van der Waals surface area contributed by atoms with Crippen molar-refractivity contribution in [3.8, 4) is 0 Å². The lowest BCUT2D eigenvalue weighted by Gasteiger charge is -2.17. The van der Waals surface area contributed by atoms with Gasteiger partial charge in [0.25, 0.3) is 0 Å². The van der Waals surface area contributed by atoms with Gasteiger partial charge < -0.3 is 0 Å². The van der Waals surface area contributed by atoms with Gasteiger partial charge in [-0.3, -0.25) is 4.79 Å². The lowest BCUT2D eigenvalue weighted by molar-refractivity contribution is -0.138. The van der Waals surface area contributed by atoms with E-state index in [1.807, 2.05) is 0 Å². The van der Waals surface area contributed by atoms with E-state index in [4.69, 9.17) is 23.2 Å². The molecule has 0 aliphatic heterocycles. The smallest absolute Gasteiger partial charge is 0.288 e. The van der Waals surface area contributed by atoms with Gasteiger partial charge in [0.1, 0.15) is 0 Å². The summed E-state index contributed by atoms with van der Waals surface area (Å²) < 4.78 is 78.6. The molecule has 11 heteroatoms. The van der Waals surface area contributed by atoms with Crippen LogP contribution in [0, 0.1) is 0 Å². The lowest BCUT2D eigenvalue weighted by Crippen LogP contribution is -2.14. The van der Waals surface area contributed by atoms with Gasteiger partial charge in [-0.05, 0) is 35.4 Å². The third-order valence-electron chi connectivity index (χ3n) is 3.85. The number of carbonyl (C=O) groups is 1. The van der Waals surface area contributed by atoms with E-state index in [9.17, 15) is 31.1 Å². The molecule has 0 fully saturated rings. The number of alkyl halides is 8. The molecule has 0 N–H and O–H groups in total. The number of ketones is 1. The predicted octanol–water partition coefficient (Wildman–Crippen LogP) is 8.05. The van der Waals surface area contributed by atoms with Gasteiger partial charge in [0, 0.05) is 21.8 Å². The van der Waals surface area contributed by atoms with Crippen LogP contribution < -0.4 is 0 Å². The van der Waals surface area contributed by atoms with Crippen LogP contribution in [0.25, 0.3) is 0 Å². The fourth-order valence-electron chi connectivity index (χ4n) is 2.53. The quantitative estimate of drug-likeness (QED) is 0.206. The molecule has 0 amide bonds. The van der Waals surface area contributed by atoms with Gasteiger partial charge in [0.15, 0.2) is 5.78 Å². The average Bonchev–Trinajstić information content (AvgIpc) is 2.58. The van der Waals surface area contributed by atoms with Crippen LogP contribution in [-0.4, -0.2) is 5.78 Å². The Morgan fingerprint density at radius 3 is 1.32 bits per heavy atom. The third-order valence-corrected chi connectivity index (χ3v) is 5.84. The van der Waals surface area contributed by atoms with Crippen molar-refractivity contribution in [2.75, 3.05) is 0 Å². The Hall–Kier alpha value is -0.770. The highest BCUT2D eigenvalue weighted by Gasteiger charge is 2.37. The van der Waals surface area contributed by atoms with Crippen molar-refractivity contribution in [1.82, 2.24) is 0 Å². The number of carbonyl (C=O) groups excluding carboxylic acids is 1. The molecule has 0 heterocycles. The van der Waals surface area contributed by atoms with Crippen LogP contribution in [0.15, 0.2) is 24.3 Å². The third kappa shape index (κ3) is 4.52. The second-order valence-electron chi connectivity index (χ2n) is 5.50. The predicted molar refractivity (Wildman–Crippen MR) is 102 cm³/mol. The van der Waals surface area contributed by atoms with Crippen molar-refractivity contribution in [3.05, 3.63) is 67.7 Å². The minimum atomic E-state index is -4.69. The highest BCUT2D eigenvalue weighted by molar-refractivity contribution is 9.08. The SMILES string of the molecule is O=C(c1ccc(C(F)(F)F)c(CBr)c1Cl)c1ccc(C(F)(F)F)c(CBr)c1Cl. The van der Waals surface area contributed by atoms with E-state index in [1.54, 1.807) is 0 Å². The molecule has 0 aromatic heterocycles. The maximum absolute atomic E-state index is 13.1. The van der Waals surface area contributed by atoms with Crippen LogP contribution in [0.5, 0.6) is 0 Å². The minimum absolute atomic E-state index is 0.283. The second-order valence-corrected chi connectivity index (χ2v) is 7.38. The molecular formula is C17H8Br2Cl2F6O. The minimum Gasteiger partial charge on any atom is -0.288 e. The summed E-state index contributed by atoms with van der Waals surface area (Å²) in [5.74, 6) is -0.887. The monoisotopic (exact) mass is 570 g/mol. The van der Waals surface area contributed by atoms with E-state index in [0.29, 0.717) is 12.1 Å². The summed E-state index contributed by atoms with van der Waals surface area (Å²) in [4.78, 5) is 12.8. The Morgan fingerprint density at radius 1 is 0.750 bits per heavy atom. The first-order valence-electron chi connectivity index (χ1n) is 7.28. The second kappa shape index (κ2) is 8.53. The van der Waals surface area contributed by atoms with Crippen molar-refractivity contribution in [2.24, 2.45) is 0 Å². The molecule has 0 radical (unpaired) electrons. The van der Waals surface area contributed by atoms with Crippen LogP contribution in [-0.2, 0) is 23.0 Å². The molecule has 0 spiro atoms. The zero-order chi connectivity index (χ0) is 21.4. The number of rotatable bonds is 4. The topological polar surface area (TPSA) is 17.1 Å². The highest BCUT2D eigenvalue weighted by atomic mass is 79.9. The van der Waals surface area contributed by atoms with Crippen LogP contribution in [0.1, 0.15) is 38.2 Å².